The highest BCUT2D eigenvalue weighted by Crippen LogP contribution is 2.27. The van der Waals surface area contributed by atoms with E-state index in [1.165, 1.54) is 0 Å². The molecule has 1 saturated heterocycles. The number of halogens is 1. The molecule has 1 amide bonds. The highest BCUT2D eigenvalue weighted by atomic mass is 35.5. The Hall–Kier alpha value is -1.88. The van der Waals surface area contributed by atoms with Crippen LogP contribution in [0.25, 0.3) is 0 Å². The van der Waals surface area contributed by atoms with Gasteiger partial charge in [-0.05, 0) is 30.5 Å². The first-order chi connectivity index (χ1) is 10.6. The van der Waals surface area contributed by atoms with Gasteiger partial charge < -0.3 is 9.32 Å². The molecule has 0 radical (unpaired) electrons. The van der Waals surface area contributed by atoms with Crippen molar-refractivity contribution in [2.75, 3.05) is 13.1 Å². The molecule has 1 aromatic heterocycles. The Balaban J connectivity index is 1.54. The van der Waals surface area contributed by atoms with Gasteiger partial charge in [-0.1, -0.05) is 23.7 Å². The highest BCUT2D eigenvalue weighted by Gasteiger charge is 2.26. The molecule has 3 rings (SSSR count). The predicted octanol–water partition coefficient (Wildman–Crippen LogP) is 2.98. The average molecular weight is 320 g/mol. The minimum absolute atomic E-state index is 0.155. The number of aryl methyl sites for hydroxylation is 1. The zero-order valence-corrected chi connectivity index (χ0v) is 13.2. The van der Waals surface area contributed by atoms with Crippen molar-refractivity contribution in [2.24, 2.45) is 0 Å². The summed E-state index contributed by atoms with van der Waals surface area (Å²) in [6.45, 7) is 3.26. The molecule has 0 aliphatic carbocycles. The second-order valence-corrected chi connectivity index (χ2v) is 6.05. The number of nitrogens with zero attached hydrogens (tertiary/aromatic N) is 3. The molecule has 0 atom stereocenters. The molecule has 6 heteroatoms. The van der Waals surface area contributed by atoms with E-state index in [0.717, 1.165) is 31.5 Å². The number of rotatable bonds is 3. The van der Waals surface area contributed by atoms with Crippen LogP contribution in [0.3, 0.4) is 0 Å². The van der Waals surface area contributed by atoms with Crippen molar-refractivity contribution < 1.29 is 9.21 Å². The van der Waals surface area contributed by atoms with Crippen LogP contribution in [0, 0.1) is 6.92 Å². The SMILES string of the molecule is Cc1nnc(C2CCN(C(=O)Cc3ccc(Cl)cc3)CC2)o1. The van der Waals surface area contributed by atoms with E-state index in [1.807, 2.05) is 29.2 Å². The van der Waals surface area contributed by atoms with Crippen LogP contribution < -0.4 is 0 Å². The molecular formula is C16H18ClN3O2. The minimum atomic E-state index is 0.155. The Morgan fingerprint density at radius 2 is 1.95 bits per heavy atom. The fraction of sp³-hybridized carbons (Fsp3) is 0.438. The van der Waals surface area contributed by atoms with Gasteiger partial charge >= 0.3 is 0 Å². The van der Waals surface area contributed by atoms with E-state index < -0.39 is 0 Å². The number of carbonyl (C=O) groups is 1. The summed E-state index contributed by atoms with van der Waals surface area (Å²) in [4.78, 5) is 14.3. The van der Waals surface area contributed by atoms with Crippen LogP contribution in [-0.2, 0) is 11.2 Å². The van der Waals surface area contributed by atoms with E-state index in [2.05, 4.69) is 10.2 Å². The molecule has 2 heterocycles. The molecule has 0 unspecified atom stereocenters. The molecule has 1 aromatic carbocycles. The van der Waals surface area contributed by atoms with Gasteiger partial charge in [-0.3, -0.25) is 4.79 Å². The van der Waals surface area contributed by atoms with Gasteiger partial charge in [0.1, 0.15) is 0 Å². The number of piperidine rings is 1. The van der Waals surface area contributed by atoms with Crippen LogP contribution in [0.5, 0.6) is 0 Å². The van der Waals surface area contributed by atoms with Crippen molar-refractivity contribution in [3.8, 4) is 0 Å². The smallest absolute Gasteiger partial charge is 0.226 e. The lowest BCUT2D eigenvalue weighted by Gasteiger charge is -2.30. The van der Waals surface area contributed by atoms with Crippen molar-refractivity contribution in [3.63, 3.8) is 0 Å². The summed E-state index contributed by atoms with van der Waals surface area (Å²) in [6, 6.07) is 7.42. The van der Waals surface area contributed by atoms with E-state index in [4.69, 9.17) is 16.0 Å². The predicted molar refractivity (Wildman–Crippen MR) is 82.7 cm³/mol. The van der Waals surface area contributed by atoms with Gasteiger partial charge in [0, 0.05) is 31.0 Å². The van der Waals surface area contributed by atoms with E-state index in [0.29, 0.717) is 23.2 Å². The molecule has 0 N–H and O–H groups in total. The second kappa shape index (κ2) is 6.48. The van der Waals surface area contributed by atoms with Gasteiger partial charge in [0.15, 0.2) is 0 Å². The summed E-state index contributed by atoms with van der Waals surface area (Å²) >= 11 is 5.86. The molecule has 1 aliphatic heterocycles. The number of aromatic nitrogens is 2. The minimum Gasteiger partial charge on any atom is -0.425 e. The van der Waals surface area contributed by atoms with Gasteiger partial charge in [-0.2, -0.15) is 0 Å². The maximum absolute atomic E-state index is 12.3. The third-order valence-corrected chi connectivity index (χ3v) is 4.26. The lowest BCUT2D eigenvalue weighted by atomic mass is 9.96. The molecule has 0 saturated carbocycles. The number of carbonyl (C=O) groups excluding carboxylic acids is 1. The first-order valence-electron chi connectivity index (χ1n) is 7.44. The van der Waals surface area contributed by atoms with E-state index in [1.54, 1.807) is 6.92 Å². The van der Waals surface area contributed by atoms with Gasteiger partial charge in [0.05, 0.1) is 6.42 Å². The van der Waals surface area contributed by atoms with Crippen LogP contribution in [0.15, 0.2) is 28.7 Å². The molecule has 22 heavy (non-hydrogen) atoms. The molecule has 1 fully saturated rings. The number of likely N-dealkylation sites (tertiary alicyclic amines) is 1. The van der Waals surface area contributed by atoms with Crippen LogP contribution in [0.2, 0.25) is 5.02 Å². The number of hydrogen-bond acceptors (Lipinski definition) is 4. The third-order valence-electron chi connectivity index (χ3n) is 4.01. The number of benzene rings is 1. The molecule has 0 bridgehead atoms. The lowest BCUT2D eigenvalue weighted by Crippen LogP contribution is -2.38. The monoisotopic (exact) mass is 319 g/mol. The van der Waals surface area contributed by atoms with Gasteiger partial charge in [0.2, 0.25) is 17.7 Å². The van der Waals surface area contributed by atoms with Gasteiger partial charge in [-0.25, -0.2) is 0 Å². The Bertz CT molecular complexity index is 646. The summed E-state index contributed by atoms with van der Waals surface area (Å²) in [5.74, 6) is 1.71. The molecule has 0 spiro atoms. The molecule has 2 aromatic rings. The number of hydrogen-bond donors (Lipinski definition) is 0. The van der Waals surface area contributed by atoms with Gasteiger partial charge in [0.25, 0.3) is 0 Å². The van der Waals surface area contributed by atoms with Crippen molar-refractivity contribution in [1.82, 2.24) is 15.1 Å². The second-order valence-electron chi connectivity index (χ2n) is 5.62. The maximum Gasteiger partial charge on any atom is 0.226 e. The summed E-state index contributed by atoms with van der Waals surface area (Å²) in [6.07, 6.45) is 2.16. The standard InChI is InChI=1S/C16H18ClN3O2/c1-11-18-19-16(22-11)13-6-8-20(9-7-13)15(21)10-12-2-4-14(17)5-3-12/h2-5,13H,6-10H2,1H3. The lowest BCUT2D eigenvalue weighted by molar-refractivity contribution is -0.131. The fourth-order valence-electron chi connectivity index (χ4n) is 2.74. The quantitative estimate of drug-likeness (QED) is 0.872. The maximum atomic E-state index is 12.3. The Morgan fingerprint density at radius 3 is 2.55 bits per heavy atom. The van der Waals surface area contributed by atoms with Crippen molar-refractivity contribution >= 4 is 17.5 Å². The van der Waals surface area contributed by atoms with Crippen molar-refractivity contribution in [1.29, 1.82) is 0 Å². The van der Waals surface area contributed by atoms with E-state index in [9.17, 15) is 4.79 Å². The van der Waals surface area contributed by atoms with E-state index in [-0.39, 0.29) is 11.8 Å². The largest absolute Gasteiger partial charge is 0.425 e. The normalized spacial score (nSPS) is 16.0. The van der Waals surface area contributed by atoms with Crippen molar-refractivity contribution in [3.05, 3.63) is 46.6 Å². The zero-order chi connectivity index (χ0) is 15.5. The van der Waals surface area contributed by atoms with Gasteiger partial charge in [-0.15, -0.1) is 10.2 Å². The summed E-state index contributed by atoms with van der Waals surface area (Å²) in [7, 11) is 0. The Labute approximate surface area is 134 Å². The molecule has 5 nitrogen and oxygen atoms in total. The van der Waals surface area contributed by atoms with Crippen LogP contribution in [0.4, 0.5) is 0 Å². The Kier molecular flexibility index (Phi) is 4.43. The Morgan fingerprint density at radius 1 is 1.27 bits per heavy atom. The summed E-state index contributed by atoms with van der Waals surface area (Å²) in [5, 5.41) is 8.64. The van der Waals surface area contributed by atoms with E-state index >= 15 is 0 Å². The van der Waals surface area contributed by atoms with Crippen LogP contribution in [-0.4, -0.2) is 34.1 Å². The molecular weight excluding hydrogens is 302 g/mol. The average Bonchev–Trinajstić information content (AvgIpc) is 2.96. The van der Waals surface area contributed by atoms with Crippen molar-refractivity contribution in [2.45, 2.75) is 32.1 Å². The first-order valence-corrected chi connectivity index (χ1v) is 7.82. The summed E-state index contributed by atoms with van der Waals surface area (Å²) < 4.78 is 5.49. The third kappa shape index (κ3) is 3.47. The summed E-state index contributed by atoms with van der Waals surface area (Å²) in [5.41, 5.74) is 0.990. The van der Waals surface area contributed by atoms with Crippen LogP contribution in [0.1, 0.15) is 36.1 Å². The first kappa shape index (κ1) is 15.0. The van der Waals surface area contributed by atoms with Crippen LogP contribution >= 0.6 is 11.6 Å². The molecule has 116 valence electrons. The zero-order valence-electron chi connectivity index (χ0n) is 12.5. The topological polar surface area (TPSA) is 59.2 Å². The number of amides is 1. The fourth-order valence-corrected chi connectivity index (χ4v) is 2.87. The highest BCUT2D eigenvalue weighted by molar-refractivity contribution is 6.30. The molecule has 1 aliphatic rings.